The fourth-order valence-corrected chi connectivity index (χ4v) is 8.23. The molecule has 9 rings (SSSR count). The van der Waals surface area contributed by atoms with Crippen LogP contribution in [0.4, 0.5) is 17.1 Å². The highest BCUT2D eigenvalue weighted by Gasteiger charge is 2.36. The summed E-state index contributed by atoms with van der Waals surface area (Å²) in [7, 11) is 0. The average molecular weight is 654 g/mol. The number of hydrogen-bond donors (Lipinski definition) is 0. The molecule has 2 heterocycles. The highest BCUT2D eigenvalue weighted by Crippen LogP contribution is 2.52. The molecule has 0 unspecified atom stereocenters. The predicted octanol–water partition coefficient (Wildman–Crippen LogP) is 13.9. The van der Waals surface area contributed by atoms with Crippen LogP contribution in [0.5, 0.6) is 0 Å². The zero-order valence-electron chi connectivity index (χ0n) is 30.2. The van der Waals surface area contributed by atoms with E-state index >= 15 is 0 Å². The molecular weight excluding hydrogens is 611 g/mol. The molecule has 6 aromatic carbocycles. The second kappa shape index (κ2) is 10.4. The molecule has 1 aliphatic carbocycles. The van der Waals surface area contributed by atoms with E-state index in [2.05, 4.69) is 169 Å². The molecule has 248 valence electrons. The Morgan fingerprint density at radius 2 is 1.20 bits per heavy atom. The Labute approximate surface area is 294 Å². The van der Waals surface area contributed by atoms with Crippen molar-refractivity contribution in [2.24, 2.45) is 0 Å². The molecule has 2 aromatic heterocycles. The Morgan fingerprint density at radius 1 is 0.520 bits per heavy atom. The van der Waals surface area contributed by atoms with E-state index in [1.807, 2.05) is 6.07 Å². The standard InChI is InChI=1S/C47H43NO2/c1-45(2,3)28-24-38(46(4,5)6)43-35-26-29(21-23-41(35)49-42(43)25-28)48(39-18-13-16-34-33-15-10-12-19-40(33)50-44(34)39)30-20-22-32-31-14-9-11-17-36(31)47(7,8)37(32)27-30/h9-27H,1-8H3. The van der Waals surface area contributed by atoms with Crippen LogP contribution in [0.25, 0.3) is 55.0 Å². The summed E-state index contributed by atoms with van der Waals surface area (Å²) in [4.78, 5) is 2.38. The van der Waals surface area contributed by atoms with Crippen molar-refractivity contribution in [2.45, 2.75) is 71.6 Å². The maximum Gasteiger partial charge on any atom is 0.159 e. The van der Waals surface area contributed by atoms with E-state index < -0.39 is 0 Å². The summed E-state index contributed by atoms with van der Waals surface area (Å²) in [6.45, 7) is 18.4. The Morgan fingerprint density at radius 3 is 2.00 bits per heavy atom. The topological polar surface area (TPSA) is 29.5 Å². The van der Waals surface area contributed by atoms with Crippen LogP contribution in [-0.2, 0) is 16.2 Å². The van der Waals surface area contributed by atoms with Gasteiger partial charge in [-0.15, -0.1) is 0 Å². The normalized spacial score (nSPS) is 14.2. The van der Waals surface area contributed by atoms with Crippen molar-refractivity contribution in [2.75, 3.05) is 4.90 Å². The highest BCUT2D eigenvalue weighted by molar-refractivity contribution is 6.12. The van der Waals surface area contributed by atoms with Crippen molar-refractivity contribution >= 4 is 60.9 Å². The highest BCUT2D eigenvalue weighted by atomic mass is 16.3. The van der Waals surface area contributed by atoms with Gasteiger partial charge in [0.25, 0.3) is 0 Å². The van der Waals surface area contributed by atoms with E-state index in [0.717, 1.165) is 55.6 Å². The summed E-state index contributed by atoms with van der Waals surface area (Å²) in [5, 5.41) is 4.54. The number of anilines is 3. The number of nitrogens with zero attached hydrogens (tertiary/aromatic N) is 1. The molecule has 0 N–H and O–H groups in total. The van der Waals surface area contributed by atoms with Gasteiger partial charge in [0.1, 0.15) is 16.7 Å². The number of hydrogen-bond acceptors (Lipinski definition) is 3. The maximum atomic E-state index is 6.68. The van der Waals surface area contributed by atoms with Crippen molar-refractivity contribution in [3.05, 3.63) is 138 Å². The van der Waals surface area contributed by atoms with Crippen LogP contribution < -0.4 is 4.90 Å². The van der Waals surface area contributed by atoms with Crippen LogP contribution in [-0.4, -0.2) is 0 Å². The minimum atomic E-state index is -0.129. The smallest absolute Gasteiger partial charge is 0.159 e. The monoisotopic (exact) mass is 653 g/mol. The quantitative estimate of drug-likeness (QED) is 0.190. The van der Waals surface area contributed by atoms with Gasteiger partial charge in [0, 0.05) is 38.3 Å². The second-order valence-corrected chi connectivity index (χ2v) is 16.7. The van der Waals surface area contributed by atoms with E-state index in [1.165, 1.54) is 38.8 Å². The number of para-hydroxylation sites is 2. The van der Waals surface area contributed by atoms with Gasteiger partial charge in [0.15, 0.2) is 5.58 Å². The fraction of sp³-hybridized carbons (Fsp3) is 0.234. The second-order valence-electron chi connectivity index (χ2n) is 16.7. The SMILES string of the molecule is CC(C)(C)c1cc(C(C)(C)C)c2c(c1)oc1ccc(N(c3ccc4c(c3)C(C)(C)c3ccccc3-4)c3cccc4c3oc3ccccc34)cc12. The lowest BCUT2D eigenvalue weighted by atomic mass is 9.79. The summed E-state index contributed by atoms with van der Waals surface area (Å²) in [5.74, 6) is 0. The molecule has 0 fully saturated rings. The van der Waals surface area contributed by atoms with E-state index in [4.69, 9.17) is 8.83 Å². The lowest BCUT2D eigenvalue weighted by Crippen LogP contribution is -2.17. The summed E-state index contributed by atoms with van der Waals surface area (Å²) < 4.78 is 13.4. The number of fused-ring (bicyclic) bond motifs is 9. The van der Waals surface area contributed by atoms with Gasteiger partial charge in [-0.3, -0.25) is 0 Å². The summed E-state index contributed by atoms with van der Waals surface area (Å²) in [5.41, 5.74) is 14.5. The molecule has 1 aliphatic rings. The van der Waals surface area contributed by atoms with Crippen LogP contribution in [0.2, 0.25) is 0 Å². The summed E-state index contributed by atoms with van der Waals surface area (Å²) in [6, 6.07) is 41.9. The zero-order chi connectivity index (χ0) is 34.7. The lowest BCUT2D eigenvalue weighted by Gasteiger charge is -2.28. The van der Waals surface area contributed by atoms with Crippen molar-refractivity contribution in [3.8, 4) is 11.1 Å². The number of benzene rings is 6. The van der Waals surface area contributed by atoms with E-state index in [0.29, 0.717) is 0 Å². The van der Waals surface area contributed by atoms with Crippen molar-refractivity contribution in [1.29, 1.82) is 0 Å². The first-order valence-electron chi connectivity index (χ1n) is 17.8. The summed E-state index contributed by atoms with van der Waals surface area (Å²) in [6.07, 6.45) is 0. The molecule has 50 heavy (non-hydrogen) atoms. The third-order valence-electron chi connectivity index (χ3n) is 10.9. The molecule has 8 aromatic rings. The third-order valence-corrected chi connectivity index (χ3v) is 10.9. The first-order valence-corrected chi connectivity index (χ1v) is 17.8. The van der Waals surface area contributed by atoms with Crippen molar-refractivity contribution in [1.82, 2.24) is 0 Å². The van der Waals surface area contributed by atoms with E-state index in [9.17, 15) is 0 Å². The van der Waals surface area contributed by atoms with Crippen LogP contribution in [0.3, 0.4) is 0 Å². The molecule has 0 bridgehead atoms. The van der Waals surface area contributed by atoms with Crippen LogP contribution in [0.1, 0.15) is 77.6 Å². The first kappa shape index (κ1) is 30.8. The molecule has 3 heteroatoms. The number of rotatable bonds is 3. The summed E-state index contributed by atoms with van der Waals surface area (Å²) >= 11 is 0. The number of furan rings is 2. The Balaban J connectivity index is 1.33. The van der Waals surface area contributed by atoms with Gasteiger partial charge in [-0.05, 0) is 92.7 Å². The van der Waals surface area contributed by atoms with Crippen LogP contribution in [0, 0.1) is 0 Å². The Bertz CT molecular complexity index is 2650. The van der Waals surface area contributed by atoms with Gasteiger partial charge in [0.2, 0.25) is 0 Å². The molecule has 0 saturated carbocycles. The maximum absolute atomic E-state index is 6.68. The van der Waals surface area contributed by atoms with Gasteiger partial charge >= 0.3 is 0 Å². The molecule has 0 aliphatic heterocycles. The molecule has 0 amide bonds. The zero-order valence-corrected chi connectivity index (χ0v) is 30.2. The van der Waals surface area contributed by atoms with Crippen molar-refractivity contribution < 1.29 is 8.83 Å². The van der Waals surface area contributed by atoms with Crippen molar-refractivity contribution in [3.63, 3.8) is 0 Å². The Kier molecular flexibility index (Phi) is 6.38. The average Bonchev–Trinajstić information content (AvgIpc) is 3.72. The van der Waals surface area contributed by atoms with Crippen LogP contribution >= 0.6 is 0 Å². The van der Waals surface area contributed by atoms with Gasteiger partial charge in [-0.2, -0.15) is 0 Å². The third kappa shape index (κ3) is 4.49. The van der Waals surface area contributed by atoms with Gasteiger partial charge < -0.3 is 13.7 Å². The molecule has 0 radical (unpaired) electrons. The molecule has 0 saturated heterocycles. The lowest BCUT2D eigenvalue weighted by molar-refractivity contribution is 0.569. The molecule has 0 spiro atoms. The molecule has 3 nitrogen and oxygen atoms in total. The predicted molar refractivity (Wildman–Crippen MR) is 211 cm³/mol. The van der Waals surface area contributed by atoms with Crippen LogP contribution in [0.15, 0.2) is 124 Å². The van der Waals surface area contributed by atoms with Gasteiger partial charge in [-0.25, -0.2) is 0 Å². The molecule has 0 atom stereocenters. The Hall–Kier alpha value is -5.28. The first-order chi connectivity index (χ1) is 23.8. The van der Waals surface area contributed by atoms with E-state index in [1.54, 1.807) is 0 Å². The minimum Gasteiger partial charge on any atom is -0.456 e. The minimum absolute atomic E-state index is 0.00138. The van der Waals surface area contributed by atoms with E-state index in [-0.39, 0.29) is 16.2 Å². The fourth-order valence-electron chi connectivity index (χ4n) is 8.23. The van der Waals surface area contributed by atoms with Gasteiger partial charge in [0.05, 0.1) is 5.69 Å². The largest absolute Gasteiger partial charge is 0.456 e. The van der Waals surface area contributed by atoms with Gasteiger partial charge in [-0.1, -0.05) is 122 Å². The molecular formula is C47H43NO2.